The number of amides is 2. The molecule has 0 spiro atoms. The van der Waals surface area contributed by atoms with Gasteiger partial charge >= 0.3 is 0 Å². The van der Waals surface area contributed by atoms with Crippen LogP contribution in [0.4, 0.5) is 0 Å². The third kappa shape index (κ3) is 2.63. The maximum atomic E-state index is 12.4. The first-order chi connectivity index (χ1) is 9.25. The predicted molar refractivity (Wildman–Crippen MR) is 72.5 cm³/mol. The van der Waals surface area contributed by atoms with Gasteiger partial charge in [0.25, 0.3) is 0 Å². The standard InChI is InChI=1S/C15H24N2O2/c18-14(12-5-3-6-12)17-10-4-7-13(11-17)15(19)16-8-1-2-9-16/h12-13H,1-11H2. The second-order valence-corrected chi connectivity index (χ2v) is 6.28. The largest absolute Gasteiger partial charge is 0.342 e. The van der Waals surface area contributed by atoms with Crippen LogP contribution < -0.4 is 0 Å². The van der Waals surface area contributed by atoms with Gasteiger partial charge in [0.05, 0.1) is 5.92 Å². The molecule has 0 aromatic carbocycles. The minimum atomic E-state index is 0.0656. The van der Waals surface area contributed by atoms with Crippen molar-refractivity contribution in [2.24, 2.45) is 11.8 Å². The van der Waals surface area contributed by atoms with E-state index < -0.39 is 0 Å². The van der Waals surface area contributed by atoms with E-state index in [1.54, 1.807) is 0 Å². The van der Waals surface area contributed by atoms with Gasteiger partial charge in [0.1, 0.15) is 0 Å². The molecule has 2 aliphatic heterocycles. The molecule has 1 atom stereocenters. The van der Waals surface area contributed by atoms with Gasteiger partial charge in [-0.25, -0.2) is 0 Å². The summed E-state index contributed by atoms with van der Waals surface area (Å²) in [5, 5.41) is 0. The van der Waals surface area contributed by atoms with Crippen LogP contribution in [-0.2, 0) is 9.59 Å². The van der Waals surface area contributed by atoms with Gasteiger partial charge < -0.3 is 9.80 Å². The van der Waals surface area contributed by atoms with Gasteiger partial charge in [-0.15, -0.1) is 0 Å². The summed E-state index contributed by atoms with van der Waals surface area (Å²) in [6.45, 7) is 3.38. The van der Waals surface area contributed by atoms with E-state index in [0.717, 1.165) is 58.2 Å². The number of nitrogens with zero attached hydrogens (tertiary/aromatic N) is 2. The Bertz CT molecular complexity index is 359. The van der Waals surface area contributed by atoms with Crippen LogP contribution in [0.5, 0.6) is 0 Å². The Labute approximate surface area is 115 Å². The van der Waals surface area contributed by atoms with Crippen LogP contribution in [-0.4, -0.2) is 47.8 Å². The number of carbonyl (C=O) groups is 2. The van der Waals surface area contributed by atoms with Gasteiger partial charge in [0, 0.05) is 32.1 Å². The van der Waals surface area contributed by atoms with Crippen LogP contribution >= 0.6 is 0 Å². The van der Waals surface area contributed by atoms with E-state index in [0.29, 0.717) is 18.4 Å². The highest BCUT2D eigenvalue weighted by Gasteiger charge is 2.35. The summed E-state index contributed by atoms with van der Waals surface area (Å²) in [7, 11) is 0. The fourth-order valence-corrected chi connectivity index (χ4v) is 3.49. The zero-order valence-corrected chi connectivity index (χ0v) is 11.6. The lowest BCUT2D eigenvalue weighted by Crippen LogP contribution is -2.48. The van der Waals surface area contributed by atoms with Crippen molar-refractivity contribution in [3.8, 4) is 0 Å². The van der Waals surface area contributed by atoms with Gasteiger partial charge in [0.2, 0.25) is 11.8 Å². The minimum absolute atomic E-state index is 0.0656. The first-order valence-electron chi connectivity index (χ1n) is 7.83. The summed E-state index contributed by atoms with van der Waals surface area (Å²) in [5.41, 5.74) is 0. The molecule has 0 radical (unpaired) electrons. The SMILES string of the molecule is O=C(C1CCCN(C(=O)C2CCC2)C1)N1CCCC1. The Morgan fingerprint density at radius 3 is 1.89 bits per heavy atom. The fourth-order valence-electron chi connectivity index (χ4n) is 3.49. The van der Waals surface area contributed by atoms with Crippen molar-refractivity contribution in [3.63, 3.8) is 0 Å². The molecule has 4 nitrogen and oxygen atoms in total. The number of likely N-dealkylation sites (tertiary alicyclic amines) is 2. The molecule has 0 N–H and O–H groups in total. The molecule has 3 aliphatic rings. The highest BCUT2D eigenvalue weighted by atomic mass is 16.2. The Hall–Kier alpha value is -1.06. The van der Waals surface area contributed by atoms with Crippen molar-refractivity contribution in [2.75, 3.05) is 26.2 Å². The number of hydrogen-bond donors (Lipinski definition) is 0. The summed E-state index contributed by atoms with van der Waals surface area (Å²) >= 11 is 0. The van der Waals surface area contributed by atoms with E-state index in [2.05, 4.69) is 0 Å². The molecule has 3 rings (SSSR count). The number of rotatable bonds is 2. The smallest absolute Gasteiger partial charge is 0.227 e. The average Bonchev–Trinajstić information content (AvgIpc) is 2.90. The van der Waals surface area contributed by atoms with E-state index in [-0.39, 0.29) is 11.8 Å². The minimum Gasteiger partial charge on any atom is -0.342 e. The third-order valence-corrected chi connectivity index (χ3v) is 4.95. The Balaban J connectivity index is 1.57. The van der Waals surface area contributed by atoms with Crippen LogP contribution in [0.1, 0.15) is 44.9 Å². The summed E-state index contributed by atoms with van der Waals surface area (Å²) in [5.74, 6) is 0.935. The van der Waals surface area contributed by atoms with E-state index in [9.17, 15) is 9.59 Å². The summed E-state index contributed by atoms with van der Waals surface area (Å²) in [6.07, 6.45) is 7.54. The van der Waals surface area contributed by atoms with Crippen molar-refractivity contribution < 1.29 is 9.59 Å². The molecule has 0 aromatic rings. The summed E-state index contributed by atoms with van der Waals surface area (Å²) in [6, 6.07) is 0. The lowest BCUT2D eigenvalue weighted by Gasteiger charge is -2.37. The topological polar surface area (TPSA) is 40.6 Å². The molecule has 4 heteroatoms. The van der Waals surface area contributed by atoms with E-state index >= 15 is 0 Å². The highest BCUT2D eigenvalue weighted by molar-refractivity contribution is 5.83. The van der Waals surface area contributed by atoms with E-state index in [1.165, 1.54) is 6.42 Å². The summed E-state index contributed by atoms with van der Waals surface area (Å²) in [4.78, 5) is 28.6. The molecule has 1 aliphatic carbocycles. The van der Waals surface area contributed by atoms with Gasteiger partial charge in [-0.05, 0) is 38.5 Å². The number of piperidine rings is 1. The first-order valence-corrected chi connectivity index (χ1v) is 7.83. The Morgan fingerprint density at radius 2 is 1.26 bits per heavy atom. The molecule has 1 saturated carbocycles. The summed E-state index contributed by atoms with van der Waals surface area (Å²) < 4.78 is 0. The zero-order chi connectivity index (χ0) is 13.2. The second-order valence-electron chi connectivity index (χ2n) is 6.28. The first kappa shape index (κ1) is 12.9. The third-order valence-electron chi connectivity index (χ3n) is 4.95. The molecule has 106 valence electrons. The molecule has 0 aromatic heterocycles. The molecule has 2 amide bonds. The quantitative estimate of drug-likeness (QED) is 0.761. The lowest BCUT2D eigenvalue weighted by molar-refractivity contribution is -0.144. The lowest BCUT2D eigenvalue weighted by atomic mass is 9.83. The number of carbonyl (C=O) groups excluding carboxylic acids is 2. The molecule has 3 fully saturated rings. The molecular formula is C15H24N2O2. The highest BCUT2D eigenvalue weighted by Crippen LogP contribution is 2.30. The van der Waals surface area contributed by atoms with Gasteiger partial charge in [-0.2, -0.15) is 0 Å². The maximum Gasteiger partial charge on any atom is 0.227 e. The van der Waals surface area contributed by atoms with Crippen LogP contribution in [0.3, 0.4) is 0 Å². The van der Waals surface area contributed by atoms with Gasteiger partial charge in [-0.1, -0.05) is 6.42 Å². The fraction of sp³-hybridized carbons (Fsp3) is 0.867. The van der Waals surface area contributed by atoms with Gasteiger partial charge in [0.15, 0.2) is 0 Å². The van der Waals surface area contributed by atoms with Crippen LogP contribution in [0.15, 0.2) is 0 Å². The average molecular weight is 264 g/mol. The molecule has 0 bridgehead atoms. The van der Waals surface area contributed by atoms with Crippen molar-refractivity contribution >= 4 is 11.8 Å². The number of hydrogen-bond acceptors (Lipinski definition) is 2. The molecule has 2 heterocycles. The Kier molecular flexibility index (Phi) is 3.76. The normalized spacial score (nSPS) is 28.3. The van der Waals surface area contributed by atoms with Crippen LogP contribution in [0, 0.1) is 11.8 Å². The Morgan fingerprint density at radius 1 is 0.684 bits per heavy atom. The van der Waals surface area contributed by atoms with Crippen molar-refractivity contribution in [1.29, 1.82) is 0 Å². The predicted octanol–water partition coefficient (Wildman–Crippen LogP) is 1.65. The molecule has 19 heavy (non-hydrogen) atoms. The molecule has 1 unspecified atom stereocenters. The van der Waals surface area contributed by atoms with Gasteiger partial charge in [-0.3, -0.25) is 9.59 Å². The zero-order valence-electron chi connectivity index (χ0n) is 11.6. The van der Waals surface area contributed by atoms with Crippen molar-refractivity contribution in [3.05, 3.63) is 0 Å². The maximum absolute atomic E-state index is 12.4. The second kappa shape index (κ2) is 5.51. The van der Waals surface area contributed by atoms with Crippen molar-refractivity contribution in [1.82, 2.24) is 9.80 Å². The van der Waals surface area contributed by atoms with E-state index in [4.69, 9.17) is 0 Å². The van der Waals surface area contributed by atoms with E-state index in [1.807, 2.05) is 9.80 Å². The molecular weight excluding hydrogens is 240 g/mol. The van der Waals surface area contributed by atoms with Crippen LogP contribution in [0.2, 0.25) is 0 Å². The van der Waals surface area contributed by atoms with Crippen molar-refractivity contribution in [2.45, 2.75) is 44.9 Å². The molecule has 2 saturated heterocycles. The monoisotopic (exact) mass is 264 g/mol. The van der Waals surface area contributed by atoms with Crippen LogP contribution in [0.25, 0.3) is 0 Å².